The Morgan fingerprint density at radius 2 is 1.54 bits per heavy atom. The minimum atomic E-state index is -0.322. The average Bonchev–Trinajstić information content (AvgIpc) is 3.02. The van der Waals surface area contributed by atoms with E-state index in [1.54, 1.807) is 12.1 Å². The maximum absolute atomic E-state index is 15.2. The molecule has 0 amide bonds. The highest BCUT2D eigenvalue weighted by Gasteiger charge is 2.23. The Morgan fingerprint density at radius 3 is 2.12 bits per heavy atom. The molecule has 5 rings (SSSR count). The molecule has 0 bridgehead atoms. The van der Waals surface area contributed by atoms with Gasteiger partial charge in [0.25, 0.3) is 0 Å². The summed E-state index contributed by atoms with van der Waals surface area (Å²) < 4.78 is 21.3. The van der Waals surface area contributed by atoms with Crippen molar-refractivity contribution in [1.82, 2.24) is 10.2 Å². The van der Waals surface area contributed by atoms with Crippen LogP contribution in [0.3, 0.4) is 0 Å². The van der Waals surface area contributed by atoms with Gasteiger partial charge >= 0.3 is 0 Å². The standard InChI is InChI=1S/C33H35FN5OP/c1-41-33(37-28-12-16-38(17-13-28)23-26-4-2-24(21-35)3-5-26)27-8-11-32(31(34)20-27)40-30-14-18-39(19-15-30)29-9-6-25(22-36)7-10-29/h2-11,20,28,30,37H,12-19,23H2,1H3. The highest BCUT2D eigenvalue weighted by Crippen LogP contribution is 2.26. The van der Waals surface area contributed by atoms with Crippen LogP contribution in [0, 0.1) is 28.5 Å². The molecule has 41 heavy (non-hydrogen) atoms. The number of likely N-dealkylation sites (tertiary alicyclic amines) is 1. The molecule has 0 aromatic heterocycles. The Balaban J connectivity index is 1.10. The minimum Gasteiger partial charge on any atom is -0.487 e. The summed E-state index contributed by atoms with van der Waals surface area (Å²) in [5, 5.41) is 21.7. The molecule has 0 radical (unpaired) electrons. The maximum Gasteiger partial charge on any atom is 0.165 e. The van der Waals surface area contributed by atoms with E-state index < -0.39 is 0 Å². The Morgan fingerprint density at radius 1 is 0.902 bits per heavy atom. The summed E-state index contributed by atoms with van der Waals surface area (Å²) in [5.41, 5.74) is 5.58. The van der Waals surface area contributed by atoms with Crippen molar-refractivity contribution in [2.24, 2.45) is 0 Å². The number of nitriles is 2. The number of rotatable bonds is 8. The quantitative estimate of drug-likeness (QED) is 0.341. The molecule has 210 valence electrons. The molecule has 2 heterocycles. The van der Waals surface area contributed by atoms with Crippen molar-refractivity contribution in [3.05, 3.63) is 94.8 Å². The zero-order chi connectivity index (χ0) is 28.6. The molecule has 2 aliphatic heterocycles. The van der Waals surface area contributed by atoms with E-state index in [2.05, 4.69) is 33.9 Å². The lowest BCUT2D eigenvalue weighted by Crippen LogP contribution is -2.44. The summed E-state index contributed by atoms with van der Waals surface area (Å²) in [6, 6.07) is 25.5. The van der Waals surface area contributed by atoms with Crippen molar-refractivity contribution in [3.63, 3.8) is 0 Å². The average molecular weight is 568 g/mol. The fourth-order valence-electron chi connectivity index (χ4n) is 5.55. The number of nitrogens with one attached hydrogen (secondary N) is 1. The smallest absolute Gasteiger partial charge is 0.165 e. The summed E-state index contributed by atoms with van der Waals surface area (Å²) in [6.07, 6.45) is 3.67. The van der Waals surface area contributed by atoms with E-state index >= 15 is 4.39 Å². The summed E-state index contributed by atoms with van der Waals surface area (Å²) in [5.74, 6) is -0.00832. The first-order chi connectivity index (χ1) is 20.0. The lowest BCUT2D eigenvalue weighted by atomic mass is 10.0. The molecule has 0 unspecified atom stereocenters. The number of halogens is 1. The van der Waals surface area contributed by atoms with Crippen LogP contribution in [0.4, 0.5) is 10.1 Å². The fourth-order valence-corrected chi connectivity index (χ4v) is 6.26. The number of benzene rings is 3. The number of anilines is 1. The third-order valence-corrected chi connectivity index (χ3v) is 8.78. The zero-order valence-electron chi connectivity index (χ0n) is 23.4. The largest absolute Gasteiger partial charge is 0.487 e. The Bertz CT molecular complexity index is 1430. The predicted octanol–water partition coefficient (Wildman–Crippen LogP) is 5.93. The predicted molar refractivity (Wildman–Crippen MR) is 163 cm³/mol. The normalized spacial score (nSPS) is 17.2. The van der Waals surface area contributed by atoms with E-state index in [1.165, 1.54) is 5.56 Å². The van der Waals surface area contributed by atoms with Gasteiger partial charge in [0.05, 0.1) is 23.3 Å². The molecular formula is C33H35FN5OP. The van der Waals surface area contributed by atoms with Gasteiger partial charge in [0.1, 0.15) is 6.10 Å². The van der Waals surface area contributed by atoms with Crippen LogP contribution in [0.5, 0.6) is 5.75 Å². The van der Waals surface area contributed by atoms with Crippen molar-refractivity contribution in [1.29, 1.82) is 10.5 Å². The first kappa shape index (κ1) is 28.8. The summed E-state index contributed by atoms with van der Waals surface area (Å²) in [6.45, 7) is 6.63. The lowest BCUT2D eigenvalue weighted by molar-refractivity contribution is 0.164. The molecule has 6 nitrogen and oxygen atoms in total. The highest BCUT2D eigenvalue weighted by atomic mass is 31.1. The first-order valence-electron chi connectivity index (χ1n) is 14.2. The van der Waals surface area contributed by atoms with Crippen LogP contribution in [-0.2, 0) is 6.54 Å². The number of hydrogen-bond acceptors (Lipinski definition) is 5. The van der Waals surface area contributed by atoms with E-state index in [-0.39, 0.29) is 11.9 Å². The van der Waals surface area contributed by atoms with E-state index in [4.69, 9.17) is 15.3 Å². The Labute approximate surface area is 243 Å². The van der Waals surface area contributed by atoms with Gasteiger partial charge in [0.2, 0.25) is 0 Å². The van der Waals surface area contributed by atoms with Gasteiger partial charge in [0.15, 0.2) is 11.6 Å². The molecule has 0 atom stereocenters. The molecule has 3 aromatic rings. The van der Waals surface area contributed by atoms with Gasteiger partial charge in [-0.2, -0.15) is 10.5 Å². The van der Waals surface area contributed by atoms with Crippen LogP contribution >= 0.6 is 8.20 Å². The maximum atomic E-state index is 15.2. The second kappa shape index (κ2) is 13.7. The molecule has 0 spiro atoms. The van der Waals surface area contributed by atoms with Gasteiger partial charge in [-0.05, 0) is 98.3 Å². The van der Waals surface area contributed by atoms with Crippen molar-refractivity contribution in [2.75, 3.05) is 37.7 Å². The van der Waals surface area contributed by atoms with Crippen molar-refractivity contribution in [2.45, 2.75) is 44.4 Å². The number of nitrogens with zero attached hydrogens (tertiary/aromatic N) is 4. The number of hydrogen-bond donors (Lipinski definition) is 1. The topological polar surface area (TPSA) is 75.3 Å². The van der Waals surface area contributed by atoms with Crippen LogP contribution < -0.4 is 15.0 Å². The molecule has 2 fully saturated rings. The van der Waals surface area contributed by atoms with Crippen LogP contribution in [0.25, 0.3) is 0 Å². The van der Waals surface area contributed by atoms with Crippen LogP contribution in [0.1, 0.15) is 47.9 Å². The fraction of sp³-hybridized carbons (Fsp3) is 0.364. The minimum absolute atomic E-state index is 0.0228. The van der Waals surface area contributed by atoms with Crippen molar-refractivity contribution < 1.29 is 9.13 Å². The van der Waals surface area contributed by atoms with Gasteiger partial charge in [-0.3, -0.25) is 10.2 Å². The third kappa shape index (κ3) is 7.51. The van der Waals surface area contributed by atoms with Crippen LogP contribution in [-0.4, -0.2) is 55.3 Å². The third-order valence-electron chi connectivity index (χ3n) is 7.94. The molecule has 8 heteroatoms. The molecule has 1 N–H and O–H groups in total. The SMILES string of the molecule is C/P=C(\NC1CCN(Cc2ccc(C#N)cc2)CC1)c1ccc(OC2CCN(c3ccc(C#N)cc3)CC2)c(F)c1. The zero-order valence-corrected chi connectivity index (χ0v) is 24.3. The van der Waals surface area contributed by atoms with E-state index in [0.29, 0.717) is 22.9 Å². The summed E-state index contributed by atoms with van der Waals surface area (Å²) in [7, 11) is 1.07. The summed E-state index contributed by atoms with van der Waals surface area (Å²) >= 11 is 0. The van der Waals surface area contributed by atoms with E-state index in [9.17, 15) is 0 Å². The molecule has 0 aliphatic carbocycles. The van der Waals surface area contributed by atoms with Crippen molar-refractivity contribution >= 4 is 19.3 Å². The molecule has 0 saturated carbocycles. The number of piperidine rings is 2. The van der Waals surface area contributed by atoms with Crippen LogP contribution in [0.15, 0.2) is 66.7 Å². The van der Waals surface area contributed by atoms with Gasteiger partial charge in [-0.15, -0.1) is 0 Å². The molecule has 2 saturated heterocycles. The van der Waals surface area contributed by atoms with Gasteiger partial charge < -0.3 is 9.64 Å². The molecule has 2 aliphatic rings. The van der Waals surface area contributed by atoms with Crippen molar-refractivity contribution in [3.8, 4) is 17.9 Å². The van der Waals surface area contributed by atoms with Crippen LogP contribution in [0.2, 0.25) is 0 Å². The van der Waals surface area contributed by atoms with E-state index in [0.717, 1.165) is 83.3 Å². The monoisotopic (exact) mass is 567 g/mol. The van der Waals surface area contributed by atoms with Gasteiger partial charge in [-0.25, -0.2) is 4.39 Å². The van der Waals surface area contributed by atoms with Gasteiger partial charge in [0, 0.05) is 49.6 Å². The van der Waals surface area contributed by atoms with Gasteiger partial charge in [-0.1, -0.05) is 20.3 Å². The molecular weight excluding hydrogens is 532 g/mol. The summed E-state index contributed by atoms with van der Waals surface area (Å²) in [4.78, 5) is 4.73. The highest BCUT2D eigenvalue weighted by molar-refractivity contribution is 7.40. The Kier molecular flexibility index (Phi) is 9.65. The molecule has 3 aromatic carbocycles. The second-order valence-electron chi connectivity index (χ2n) is 10.7. The number of ether oxygens (including phenoxy) is 1. The lowest BCUT2D eigenvalue weighted by Gasteiger charge is -2.34. The Hall–Kier alpha value is -3.74. The van der Waals surface area contributed by atoms with E-state index in [1.807, 2.05) is 54.6 Å². The second-order valence-corrected chi connectivity index (χ2v) is 11.6. The first-order valence-corrected chi connectivity index (χ1v) is 15.5.